The van der Waals surface area contributed by atoms with Gasteiger partial charge in [0.25, 0.3) is 11.8 Å². The third-order valence-corrected chi connectivity index (χ3v) is 3.54. The van der Waals surface area contributed by atoms with Crippen LogP contribution in [0.25, 0.3) is 0 Å². The zero-order valence-electron chi connectivity index (χ0n) is 12.3. The number of carbonyl (C=O) groups is 2. The molecule has 0 heterocycles. The Morgan fingerprint density at radius 1 is 1.43 bits per heavy atom. The molecular weight excluding hydrogens is 331 g/mol. The Morgan fingerprint density at radius 2 is 2.09 bits per heavy atom. The van der Waals surface area contributed by atoms with Crippen LogP contribution >= 0.6 is 11.8 Å². The molecule has 0 spiro atoms. The average molecular weight is 345 g/mol. The molecule has 124 valence electrons. The van der Waals surface area contributed by atoms with Crippen molar-refractivity contribution in [2.24, 2.45) is 0 Å². The Kier molecular flexibility index (Phi) is 6.45. The summed E-state index contributed by atoms with van der Waals surface area (Å²) in [6.45, 7) is 0. The lowest BCUT2D eigenvalue weighted by Crippen LogP contribution is -2.47. The predicted octanol–water partition coefficient (Wildman–Crippen LogP) is 2.11. The fourth-order valence-electron chi connectivity index (χ4n) is 1.70. The molecular formula is C14H14F3N3O2S. The molecule has 9 heteroatoms. The van der Waals surface area contributed by atoms with E-state index in [1.54, 1.807) is 12.4 Å². The first-order valence-electron chi connectivity index (χ1n) is 6.35. The zero-order chi connectivity index (χ0) is 17.6. The average Bonchev–Trinajstić information content (AvgIpc) is 2.52. The van der Waals surface area contributed by atoms with E-state index < -0.39 is 29.6 Å². The molecule has 1 N–H and O–H groups in total. The molecule has 0 saturated carbocycles. The molecule has 1 unspecified atom stereocenters. The van der Waals surface area contributed by atoms with Gasteiger partial charge in [-0.15, -0.1) is 0 Å². The molecule has 0 aliphatic carbocycles. The first kappa shape index (κ1) is 18.8. The smallest absolute Gasteiger partial charge is 0.339 e. The number of alkyl halides is 3. The maximum absolute atomic E-state index is 12.7. The number of hydrogen-bond acceptors (Lipinski definition) is 4. The summed E-state index contributed by atoms with van der Waals surface area (Å²) in [6, 6.07) is 2.90. The largest absolute Gasteiger partial charge is 0.416 e. The number of carbonyl (C=O) groups excluding carboxylic acids is 2. The van der Waals surface area contributed by atoms with Gasteiger partial charge in [-0.3, -0.25) is 14.5 Å². The molecule has 1 atom stereocenters. The first-order valence-corrected chi connectivity index (χ1v) is 7.74. The van der Waals surface area contributed by atoms with E-state index in [1.165, 1.54) is 24.9 Å². The quantitative estimate of drug-likeness (QED) is 0.655. The van der Waals surface area contributed by atoms with Gasteiger partial charge < -0.3 is 5.32 Å². The van der Waals surface area contributed by atoms with Crippen molar-refractivity contribution in [1.29, 1.82) is 5.26 Å². The Balaban J connectivity index is 2.96. The third kappa shape index (κ3) is 5.17. The predicted molar refractivity (Wildman–Crippen MR) is 79.5 cm³/mol. The number of amides is 2. The van der Waals surface area contributed by atoms with E-state index in [0.717, 1.165) is 17.0 Å². The number of halogens is 3. The number of benzene rings is 1. The summed E-state index contributed by atoms with van der Waals surface area (Å²) >= 11 is 1.26. The zero-order valence-corrected chi connectivity index (χ0v) is 13.2. The second kappa shape index (κ2) is 7.87. The Hall–Kier alpha value is -2.21. The van der Waals surface area contributed by atoms with Crippen LogP contribution in [-0.4, -0.2) is 41.8 Å². The van der Waals surface area contributed by atoms with Crippen LogP contribution in [0.4, 0.5) is 13.2 Å². The van der Waals surface area contributed by atoms with Crippen molar-refractivity contribution in [2.45, 2.75) is 12.2 Å². The van der Waals surface area contributed by atoms with Crippen LogP contribution in [0.5, 0.6) is 0 Å². The SMILES string of the molecule is CSCC(NC(=O)c1cccc(C(F)(F)F)c1)C(=O)N(C)C#N. The topological polar surface area (TPSA) is 73.2 Å². The standard InChI is InChI=1S/C14H14F3N3O2S/c1-20(8-18)13(22)11(7-23-2)19-12(21)9-4-3-5-10(6-9)14(15,16)17/h3-6,11H,7H2,1-2H3,(H,19,21). The summed E-state index contributed by atoms with van der Waals surface area (Å²) in [5, 5.41) is 11.1. The van der Waals surface area contributed by atoms with Crippen molar-refractivity contribution in [3.63, 3.8) is 0 Å². The van der Waals surface area contributed by atoms with Gasteiger partial charge >= 0.3 is 6.18 Å². The number of likely N-dealkylation sites (N-methyl/N-ethyl adjacent to an activating group) is 1. The molecule has 0 aliphatic heterocycles. The Labute approximate surface area is 135 Å². The van der Waals surface area contributed by atoms with Gasteiger partial charge in [-0.1, -0.05) is 6.07 Å². The van der Waals surface area contributed by atoms with Crippen molar-refractivity contribution in [3.05, 3.63) is 35.4 Å². The van der Waals surface area contributed by atoms with Crippen LogP contribution in [0.3, 0.4) is 0 Å². The van der Waals surface area contributed by atoms with E-state index in [4.69, 9.17) is 5.26 Å². The van der Waals surface area contributed by atoms with Gasteiger partial charge in [0, 0.05) is 18.4 Å². The molecule has 0 fully saturated rings. The van der Waals surface area contributed by atoms with Crippen molar-refractivity contribution >= 4 is 23.6 Å². The molecule has 1 aromatic rings. The fraction of sp³-hybridized carbons (Fsp3) is 0.357. The van der Waals surface area contributed by atoms with Crippen LogP contribution in [-0.2, 0) is 11.0 Å². The lowest BCUT2D eigenvalue weighted by atomic mass is 10.1. The number of nitrogens with one attached hydrogen (secondary N) is 1. The van der Waals surface area contributed by atoms with Crippen molar-refractivity contribution in [1.82, 2.24) is 10.2 Å². The molecule has 1 aromatic carbocycles. The van der Waals surface area contributed by atoms with Crippen molar-refractivity contribution in [3.8, 4) is 6.19 Å². The van der Waals surface area contributed by atoms with E-state index in [1.807, 2.05) is 0 Å². The summed E-state index contributed by atoms with van der Waals surface area (Å²) in [5.74, 6) is -1.26. The summed E-state index contributed by atoms with van der Waals surface area (Å²) in [6.07, 6.45) is -1.25. The van der Waals surface area contributed by atoms with Crippen molar-refractivity contribution in [2.75, 3.05) is 19.1 Å². The molecule has 0 radical (unpaired) electrons. The minimum absolute atomic E-state index is 0.190. The van der Waals surface area contributed by atoms with Gasteiger partial charge in [-0.25, -0.2) is 0 Å². The highest BCUT2D eigenvalue weighted by Crippen LogP contribution is 2.29. The summed E-state index contributed by atoms with van der Waals surface area (Å²) < 4.78 is 38.0. The lowest BCUT2D eigenvalue weighted by Gasteiger charge is -2.19. The van der Waals surface area contributed by atoms with E-state index in [2.05, 4.69) is 5.32 Å². The highest BCUT2D eigenvalue weighted by atomic mass is 32.2. The van der Waals surface area contributed by atoms with Gasteiger partial charge in [-0.2, -0.15) is 30.2 Å². The molecule has 23 heavy (non-hydrogen) atoms. The molecule has 0 aliphatic rings. The Morgan fingerprint density at radius 3 is 2.61 bits per heavy atom. The van der Waals surface area contributed by atoms with Gasteiger partial charge in [-0.05, 0) is 24.5 Å². The highest BCUT2D eigenvalue weighted by Gasteiger charge is 2.31. The summed E-state index contributed by atoms with van der Waals surface area (Å²) in [7, 11) is 1.24. The number of thioether (sulfide) groups is 1. The molecule has 0 aromatic heterocycles. The highest BCUT2D eigenvalue weighted by molar-refractivity contribution is 7.98. The van der Waals surface area contributed by atoms with E-state index in [-0.39, 0.29) is 11.3 Å². The Bertz CT molecular complexity index is 628. The van der Waals surface area contributed by atoms with Crippen LogP contribution in [0.2, 0.25) is 0 Å². The molecule has 0 bridgehead atoms. The van der Waals surface area contributed by atoms with Gasteiger partial charge in [0.15, 0.2) is 6.19 Å². The minimum Gasteiger partial charge on any atom is -0.339 e. The molecule has 0 saturated heterocycles. The first-order chi connectivity index (χ1) is 10.7. The van der Waals surface area contributed by atoms with E-state index >= 15 is 0 Å². The summed E-state index contributed by atoms with van der Waals surface area (Å²) in [4.78, 5) is 24.8. The maximum atomic E-state index is 12.7. The monoisotopic (exact) mass is 345 g/mol. The van der Waals surface area contributed by atoms with Crippen LogP contribution in [0.15, 0.2) is 24.3 Å². The van der Waals surface area contributed by atoms with E-state index in [9.17, 15) is 22.8 Å². The van der Waals surface area contributed by atoms with Gasteiger partial charge in [0.1, 0.15) is 6.04 Å². The second-order valence-electron chi connectivity index (χ2n) is 4.56. The molecule has 5 nitrogen and oxygen atoms in total. The summed E-state index contributed by atoms with van der Waals surface area (Å²) in [5.41, 5.74) is -1.16. The molecule has 2 amide bonds. The van der Waals surface area contributed by atoms with Crippen LogP contribution in [0.1, 0.15) is 15.9 Å². The van der Waals surface area contributed by atoms with Crippen LogP contribution in [0, 0.1) is 11.5 Å². The van der Waals surface area contributed by atoms with Crippen LogP contribution < -0.4 is 5.32 Å². The van der Waals surface area contributed by atoms with Crippen molar-refractivity contribution < 1.29 is 22.8 Å². The number of nitrogens with zero attached hydrogens (tertiary/aromatic N) is 2. The normalized spacial score (nSPS) is 12.2. The second-order valence-corrected chi connectivity index (χ2v) is 5.47. The third-order valence-electron chi connectivity index (χ3n) is 2.87. The maximum Gasteiger partial charge on any atom is 0.416 e. The van der Waals surface area contributed by atoms with E-state index in [0.29, 0.717) is 6.07 Å². The number of rotatable bonds is 5. The number of hydrogen-bond donors (Lipinski definition) is 1. The minimum atomic E-state index is -4.56. The van der Waals surface area contributed by atoms with Gasteiger partial charge in [0.2, 0.25) is 0 Å². The lowest BCUT2D eigenvalue weighted by molar-refractivity contribution is -0.137. The fourth-order valence-corrected chi connectivity index (χ4v) is 2.26. The molecule has 1 rings (SSSR count). The van der Waals surface area contributed by atoms with Gasteiger partial charge in [0.05, 0.1) is 5.56 Å². The number of nitriles is 1.